The summed E-state index contributed by atoms with van der Waals surface area (Å²) in [5.74, 6) is 0.785. The van der Waals surface area contributed by atoms with Crippen LogP contribution in [-0.2, 0) is 13.0 Å². The summed E-state index contributed by atoms with van der Waals surface area (Å²) < 4.78 is 0. The Morgan fingerprint density at radius 2 is 2.16 bits per heavy atom. The second kappa shape index (κ2) is 4.58. The van der Waals surface area contributed by atoms with E-state index >= 15 is 0 Å². The lowest BCUT2D eigenvalue weighted by Gasteiger charge is -2.30. The van der Waals surface area contributed by atoms with E-state index in [4.69, 9.17) is 11.0 Å². The van der Waals surface area contributed by atoms with Gasteiger partial charge in [-0.2, -0.15) is 5.26 Å². The maximum Gasteiger partial charge on any atom is 0.158 e. The van der Waals surface area contributed by atoms with E-state index in [9.17, 15) is 0 Å². The van der Waals surface area contributed by atoms with Gasteiger partial charge in [-0.05, 0) is 23.6 Å². The van der Waals surface area contributed by atoms with Crippen LogP contribution < -0.4 is 10.6 Å². The molecule has 0 fully saturated rings. The van der Waals surface area contributed by atoms with Crippen molar-refractivity contribution in [3.8, 4) is 6.07 Å². The van der Waals surface area contributed by atoms with Crippen molar-refractivity contribution < 1.29 is 0 Å². The third-order valence-electron chi connectivity index (χ3n) is 3.39. The van der Waals surface area contributed by atoms with Gasteiger partial charge >= 0.3 is 0 Å². The molecule has 1 aliphatic rings. The van der Waals surface area contributed by atoms with Gasteiger partial charge in [0.05, 0.1) is 12.4 Å². The summed E-state index contributed by atoms with van der Waals surface area (Å²) in [6, 6.07) is 8.00. The summed E-state index contributed by atoms with van der Waals surface area (Å²) in [5.41, 5.74) is 9.65. The van der Waals surface area contributed by atoms with Crippen LogP contribution in [0.25, 0.3) is 0 Å². The van der Waals surface area contributed by atoms with Gasteiger partial charge in [0.15, 0.2) is 5.69 Å². The molecule has 0 saturated heterocycles. The molecule has 5 heteroatoms. The first-order chi connectivity index (χ1) is 9.28. The van der Waals surface area contributed by atoms with Gasteiger partial charge in [-0.1, -0.05) is 12.1 Å². The molecule has 5 nitrogen and oxygen atoms in total. The predicted octanol–water partition coefficient (Wildman–Crippen LogP) is 1.49. The first-order valence-corrected chi connectivity index (χ1v) is 6.11. The number of fused-ring (bicyclic) bond motifs is 1. The normalized spacial score (nSPS) is 13.7. The van der Waals surface area contributed by atoms with Crippen LogP contribution in [0, 0.1) is 11.3 Å². The molecule has 0 atom stereocenters. The first kappa shape index (κ1) is 11.5. The molecule has 0 aliphatic carbocycles. The largest absolute Gasteiger partial charge is 0.398 e. The molecule has 0 bridgehead atoms. The highest BCUT2D eigenvalue weighted by atomic mass is 15.2. The topological polar surface area (TPSA) is 78.8 Å². The molecule has 94 valence electrons. The third kappa shape index (κ3) is 2.08. The van der Waals surface area contributed by atoms with E-state index < -0.39 is 0 Å². The van der Waals surface area contributed by atoms with E-state index in [1.807, 2.05) is 18.2 Å². The highest BCUT2D eigenvalue weighted by Gasteiger charge is 2.19. The minimum atomic E-state index is 0.334. The van der Waals surface area contributed by atoms with E-state index in [1.165, 1.54) is 17.3 Å². The van der Waals surface area contributed by atoms with Crippen LogP contribution in [-0.4, -0.2) is 16.5 Å². The maximum atomic E-state index is 8.72. The Labute approximate surface area is 111 Å². The monoisotopic (exact) mass is 251 g/mol. The molecule has 0 radical (unpaired) electrons. The van der Waals surface area contributed by atoms with E-state index in [1.54, 1.807) is 6.20 Å². The molecule has 2 N–H and O–H groups in total. The average Bonchev–Trinajstić information content (AvgIpc) is 2.47. The van der Waals surface area contributed by atoms with Gasteiger partial charge in [0, 0.05) is 18.8 Å². The van der Waals surface area contributed by atoms with E-state index in [-0.39, 0.29) is 0 Å². The van der Waals surface area contributed by atoms with Gasteiger partial charge in [-0.15, -0.1) is 0 Å². The minimum Gasteiger partial charge on any atom is -0.398 e. The van der Waals surface area contributed by atoms with Gasteiger partial charge in [0.1, 0.15) is 11.9 Å². The molecule has 2 heterocycles. The summed E-state index contributed by atoms with van der Waals surface area (Å²) in [5, 5.41) is 8.72. The zero-order valence-electron chi connectivity index (χ0n) is 10.4. The zero-order valence-corrected chi connectivity index (χ0v) is 10.4. The molecular formula is C14H13N5. The maximum absolute atomic E-state index is 8.72. The molecule has 3 rings (SSSR count). The summed E-state index contributed by atoms with van der Waals surface area (Å²) >= 11 is 0. The number of nitrogen functional groups attached to an aromatic ring is 1. The molecule has 19 heavy (non-hydrogen) atoms. The van der Waals surface area contributed by atoms with Gasteiger partial charge < -0.3 is 10.6 Å². The number of nitrogens with zero attached hydrogens (tertiary/aromatic N) is 4. The van der Waals surface area contributed by atoms with Crippen LogP contribution >= 0.6 is 0 Å². The smallest absolute Gasteiger partial charge is 0.158 e. The lowest BCUT2D eigenvalue weighted by atomic mass is 9.98. The average molecular weight is 251 g/mol. The van der Waals surface area contributed by atoms with Crippen molar-refractivity contribution in [2.75, 3.05) is 17.2 Å². The molecular weight excluding hydrogens is 238 g/mol. The van der Waals surface area contributed by atoms with Gasteiger partial charge in [-0.3, -0.25) is 0 Å². The molecule has 0 unspecified atom stereocenters. The first-order valence-electron chi connectivity index (χ1n) is 6.11. The number of nitrogens with two attached hydrogens (primary N) is 1. The molecule has 1 aliphatic heterocycles. The molecule has 0 amide bonds. The second-order valence-corrected chi connectivity index (χ2v) is 4.53. The van der Waals surface area contributed by atoms with Crippen LogP contribution in [0.3, 0.4) is 0 Å². The van der Waals surface area contributed by atoms with Gasteiger partial charge in [0.25, 0.3) is 0 Å². The Kier molecular flexibility index (Phi) is 2.76. The van der Waals surface area contributed by atoms with Crippen LogP contribution in [0.4, 0.5) is 11.5 Å². The van der Waals surface area contributed by atoms with Crippen molar-refractivity contribution in [3.05, 3.63) is 47.4 Å². The fourth-order valence-corrected chi connectivity index (χ4v) is 2.34. The Balaban J connectivity index is 1.89. The van der Waals surface area contributed by atoms with Crippen molar-refractivity contribution in [2.45, 2.75) is 13.0 Å². The summed E-state index contributed by atoms with van der Waals surface area (Å²) in [6.07, 6.45) is 4.09. The molecule has 0 saturated carbocycles. The Hall–Kier alpha value is -2.61. The van der Waals surface area contributed by atoms with E-state index in [0.717, 1.165) is 31.0 Å². The van der Waals surface area contributed by atoms with Crippen molar-refractivity contribution in [1.82, 2.24) is 9.97 Å². The number of aromatic nitrogens is 2. The minimum absolute atomic E-state index is 0.334. The van der Waals surface area contributed by atoms with Crippen LogP contribution in [0.15, 0.2) is 30.6 Å². The fraction of sp³-hybridized carbons (Fsp3) is 0.214. The lowest BCUT2D eigenvalue weighted by Crippen LogP contribution is -2.31. The highest BCUT2D eigenvalue weighted by Crippen LogP contribution is 2.26. The molecule has 2 aromatic rings. The third-order valence-corrected chi connectivity index (χ3v) is 3.39. The van der Waals surface area contributed by atoms with E-state index in [2.05, 4.69) is 20.9 Å². The zero-order chi connectivity index (χ0) is 13.2. The fourth-order valence-electron chi connectivity index (χ4n) is 2.34. The summed E-state index contributed by atoms with van der Waals surface area (Å²) in [6.45, 7) is 1.62. The summed E-state index contributed by atoms with van der Waals surface area (Å²) in [4.78, 5) is 10.5. The Morgan fingerprint density at radius 1 is 1.26 bits per heavy atom. The number of benzene rings is 1. The Bertz CT molecular complexity index is 642. The van der Waals surface area contributed by atoms with Gasteiger partial charge in [0.2, 0.25) is 0 Å². The number of hydrogen-bond donors (Lipinski definition) is 1. The summed E-state index contributed by atoms with van der Waals surface area (Å²) in [7, 11) is 0. The quantitative estimate of drug-likeness (QED) is 0.777. The number of rotatable bonds is 1. The standard InChI is InChI=1S/C14H13N5/c15-6-11-7-18-14(8-17-11)19-5-4-10-2-1-3-13(16)12(10)9-19/h1-3,7-8H,4-5,9,16H2. The highest BCUT2D eigenvalue weighted by molar-refractivity contribution is 5.55. The number of hydrogen-bond acceptors (Lipinski definition) is 5. The van der Waals surface area contributed by atoms with Crippen molar-refractivity contribution in [2.24, 2.45) is 0 Å². The van der Waals surface area contributed by atoms with Crippen LogP contribution in [0.2, 0.25) is 0 Å². The molecule has 1 aromatic carbocycles. The van der Waals surface area contributed by atoms with Crippen molar-refractivity contribution in [3.63, 3.8) is 0 Å². The lowest BCUT2D eigenvalue weighted by molar-refractivity contribution is 0.720. The van der Waals surface area contributed by atoms with Gasteiger partial charge in [-0.25, -0.2) is 9.97 Å². The van der Waals surface area contributed by atoms with Crippen LogP contribution in [0.1, 0.15) is 16.8 Å². The molecule has 1 aromatic heterocycles. The Morgan fingerprint density at radius 3 is 2.89 bits per heavy atom. The second-order valence-electron chi connectivity index (χ2n) is 4.53. The molecule has 0 spiro atoms. The van der Waals surface area contributed by atoms with Crippen LogP contribution in [0.5, 0.6) is 0 Å². The SMILES string of the molecule is N#Cc1cnc(N2CCc3cccc(N)c3C2)cn1. The number of nitriles is 1. The predicted molar refractivity (Wildman–Crippen MR) is 72.4 cm³/mol. The van der Waals surface area contributed by atoms with Crippen molar-refractivity contribution >= 4 is 11.5 Å². The van der Waals surface area contributed by atoms with E-state index in [0.29, 0.717) is 5.69 Å². The van der Waals surface area contributed by atoms with Crippen molar-refractivity contribution in [1.29, 1.82) is 5.26 Å². The number of anilines is 2.